The maximum absolute atomic E-state index is 12.3. The number of carbonyl (C=O) groups is 4. The number of rotatable bonds is 2. The predicted molar refractivity (Wildman–Crippen MR) is 142 cm³/mol. The van der Waals surface area contributed by atoms with E-state index in [1.807, 2.05) is 41.5 Å². The Balaban J connectivity index is 0.000000255. The summed E-state index contributed by atoms with van der Waals surface area (Å²) >= 11 is 0. The molecule has 2 fully saturated rings. The minimum absolute atomic E-state index is 0.256. The minimum atomic E-state index is -0.537. The largest absolute Gasteiger partial charge is 0.444 e. The molecule has 1 aromatic carbocycles. The van der Waals surface area contributed by atoms with Gasteiger partial charge in [-0.25, -0.2) is 9.59 Å². The van der Waals surface area contributed by atoms with E-state index in [-0.39, 0.29) is 24.4 Å². The van der Waals surface area contributed by atoms with Gasteiger partial charge in [0.15, 0.2) is 0 Å². The van der Waals surface area contributed by atoms with Crippen molar-refractivity contribution in [1.29, 1.82) is 0 Å². The van der Waals surface area contributed by atoms with E-state index >= 15 is 0 Å². The second-order valence-electron chi connectivity index (χ2n) is 11.9. The van der Waals surface area contributed by atoms with Gasteiger partial charge in [-0.2, -0.15) is 0 Å². The zero-order valence-electron chi connectivity index (χ0n) is 23.8. The van der Waals surface area contributed by atoms with E-state index in [0.29, 0.717) is 63.0 Å². The second kappa shape index (κ2) is 12.3. The number of nitrogens with zero attached hydrogens (tertiary/aromatic N) is 3. The Bertz CT molecular complexity index is 1010. The van der Waals surface area contributed by atoms with Crippen molar-refractivity contribution in [2.45, 2.75) is 90.6 Å². The molecule has 11 heteroatoms. The molecule has 216 valence electrons. The lowest BCUT2D eigenvalue weighted by Gasteiger charge is -2.34. The molecular formula is C28H41N3O8. The number of hydrogen-bond donors (Lipinski definition) is 1. The number of likely N-dealkylation sites (tertiary alicyclic amines) is 2. The first-order valence-electron chi connectivity index (χ1n) is 13.4. The average molecular weight is 548 g/mol. The number of ether oxygens (including phenoxy) is 2. The van der Waals surface area contributed by atoms with Crippen molar-refractivity contribution < 1.29 is 38.6 Å². The van der Waals surface area contributed by atoms with Gasteiger partial charge in [-0.3, -0.25) is 14.4 Å². The van der Waals surface area contributed by atoms with Crippen molar-refractivity contribution in [3.05, 3.63) is 35.4 Å². The summed E-state index contributed by atoms with van der Waals surface area (Å²) in [6, 6.07) is 6.66. The van der Waals surface area contributed by atoms with Crippen LogP contribution in [0.4, 0.5) is 9.59 Å². The minimum Gasteiger partial charge on any atom is -0.444 e. The molecule has 11 nitrogen and oxygen atoms in total. The van der Waals surface area contributed by atoms with Crippen LogP contribution in [0.2, 0.25) is 0 Å². The Morgan fingerprint density at radius 2 is 1.13 bits per heavy atom. The zero-order chi connectivity index (χ0) is 29.0. The number of aliphatic hydroxyl groups is 1. The summed E-state index contributed by atoms with van der Waals surface area (Å²) < 4.78 is 10.6. The molecule has 0 radical (unpaired) electrons. The van der Waals surface area contributed by atoms with Gasteiger partial charge in [0, 0.05) is 26.2 Å². The van der Waals surface area contributed by atoms with Crippen LogP contribution in [-0.2, 0) is 14.3 Å². The van der Waals surface area contributed by atoms with Gasteiger partial charge in [-0.15, -0.1) is 5.06 Å². The molecule has 1 N–H and O–H groups in total. The molecule has 2 saturated heterocycles. The monoisotopic (exact) mass is 547 g/mol. The standard InChI is InChI=1S/C18H22N2O5.C10H19NO3/c1-18(2,3)24-17(23)19-10-8-12(9-11-19)25-20-15(21)13-6-4-5-7-14(13)16(20)22;1-10(2,3)14-9(13)11-6-4-8(12)5-7-11/h4-7,12H,8-11H2,1-3H3;8,12H,4-7H2,1-3H3. The van der Waals surface area contributed by atoms with E-state index < -0.39 is 23.0 Å². The van der Waals surface area contributed by atoms with Gasteiger partial charge >= 0.3 is 12.2 Å². The molecule has 4 rings (SSSR count). The van der Waals surface area contributed by atoms with Gasteiger partial charge in [0.25, 0.3) is 11.8 Å². The summed E-state index contributed by atoms with van der Waals surface area (Å²) in [5, 5.41) is 10.1. The lowest BCUT2D eigenvalue weighted by Crippen LogP contribution is -2.45. The third kappa shape index (κ3) is 8.66. The van der Waals surface area contributed by atoms with Crippen molar-refractivity contribution >= 4 is 24.0 Å². The number of piperidine rings is 2. The summed E-state index contributed by atoms with van der Waals surface area (Å²) in [4.78, 5) is 57.1. The number of benzene rings is 1. The summed E-state index contributed by atoms with van der Waals surface area (Å²) in [7, 11) is 0. The maximum atomic E-state index is 12.3. The van der Waals surface area contributed by atoms with Crippen LogP contribution in [0.5, 0.6) is 0 Å². The molecule has 39 heavy (non-hydrogen) atoms. The van der Waals surface area contributed by atoms with Crippen molar-refractivity contribution in [1.82, 2.24) is 14.9 Å². The molecule has 0 aromatic heterocycles. The quantitative estimate of drug-likeness (QED) is 0.551. The fourth-order valence-electron chi connectivity index (χ4n) is 4.26. The van der Waals surface area contributed by atoms with Crippen LogP contribution in [0.25, 0.3) is 0 Å². The van der Waals surface area contributed by atoms with E-state index in [4.69, 9.17) is 14.3 Å². The first-order chi connectivity index (χ1) is 18.1. The van der Waals surface area contributed by atoms with Crippen LogP contribution in [0.15, 0.2) is 24.3 Å². The first-order valence-corrected chi connectivity index (χ1v) is 13.4. The number of aliphatic hydroxyl groups excluding tert-OH is 1. The van der Waals surface area contributed by atoms with Gasteiger partial charge < -0.3 is 24.4 Å². The third-order valence-electron chi connectivity index (χ3n) is 6.22. The Morgan fingerprint density at radius 3 is 1.51 bits per heavy atom. The molecule has 3 heterocycles. The second-order valence-corrected chi connectivity index (χ2v) is 11.9. The molecule has 3 aliphatic rings. The summed E-state index contributed by atoms with van der Waals surface area (Å²) in [6.07, 6.45) is 1.20. The zero-order valence-corrected chi connectivity index (χ0v) is 23.8. The highest BCUT2D eigenvalue weighted by atomic mass is 16.7. The van der Waals surface area contributed by atoms with Crippen LogP contribution < -0.4 is 0 Å². The summed E-state index contributed by atoms with van der Waals surface area (Å²) in [5.74, 6) is -0.870. The van der Waals surface area contributed by atoms with Crippen LogP contribution >= 0.6 is 0 Å². The lowest BCUT2D eigenvalue weighted by molar-refractivity contribution is -0.144. The number of hydrogen-bond acceptors (Lipinski definition) is 8. The molecule has 0 atom stereocenters. The van der Waals surface area contributed by atoms with Gasteiger partial charge in [-0.1, -0.05) is 12.1 Å². The van der Waals surface area contributed by atoms with Crippen molar-refractivity contribution in [3.63, 3.8) is 0 Å². The van der Waals surface area contributed by atoms with Crippen molar-refractivity contribution in [3.8, 4) is 0 Å². The lowest BCUT2D eigenvalue weighted by atomic mass is 10.1. The molecule has 1 aromatic rings. The number of amides is 4. The molecular weight excluding hydrogens is 506 g/mol. The third-order valence-corrected chi connectivity index (χ3v) is 6.22. The summed E-state index contributed by atoms with van der Waals surface area (Å²) in [5.41, 5.74) is -0.255. The molecule has 0 unspecified atom stereocenters. The number of imide groups is 1. The smallest absolute Gasteiger partial charge is 0.410 e. The van der Waals surface area contributed by atoms with Crippen molar-refractivity contribution in [2.75, 3.05) is 26.2 Å². The van der Waals surface area contributed by atoms with Crippen LogP contribution in [-0.4, -0.2) is 93.6 Å². The Kier molecular flexibility index (Phi) is 9.60. The fraction of sp³-hybridized carbons (Fsp3) is 0.643. The van der Waals surface area contributed by atoms with E-state index in [2.05, 4.69) is 0 Å². The normalized spacial score (nSPS) is 18.9. The molecule has 0 bridgehead atoms. The van der Waals surface area contributed by atoms with Gasteiger partial charge in [0.05, 0.1) is 23.3 Å². The van der Waals surface area contributed by atoms with E-state index in [0.717, 1.165) is 5.06 Å². The SMILES string of the molecule is CC(C)(C)OC(=O)N1CCC(O)CC1.CC(C)(C)OC(=O)N1CCC(ON2C(=O)c3ccccc3C2=O)CC1. The van der Waals surface area contributed by atoms with Gasteiger partial charge in [0.1, 0.15) is 11.2 Å². The number of fused-ring (bicyclic) bond motifs is 1. The van der Waals surface area contributed by atoms with Crippen LogP contribution in [0.1, 0.15) is 87.9 Å². The molecule has 0 saturated carbocycles. The maximum Gasteiger partial charge on any atom is 0.410 e. The Hall–Kier alpha value is -3.18. The van der Waals surface area contributed by atoms with E-state index in [9.17, 15) is 24.3 Å². The van der Waals surface area contributed by atoms with Crippen molar-refractivity contribution in [2.24, 2.45) is 0 Å². The highest BCUT2D eigenvalue weighted by Gasteiger charge is 2.39. The van der Waals surface area contributed by atoms with Crippen LogP contribution in [0, 0.1) is 0 Å². The van der Waals surface area contributed by atoms with Gasteiger partial charge in [0.2, 0.25) is 0 Å². The Morgan fingerprint density at radius 1 is 0.744 bits per heavy atom. The topological polar surface area (TPSA) is 126 Å². The first kappa shape index (κ1) is 30.4. The van der Waals surface area contributed by atoms with E-state index in [1.165, 1.54) is 0 Å². The average Bonchev–Trinajstić information content (AvgIpc) is 3.08. The number of carbonyl (C=O) groups excluding carboxylic acids is 4. The van der Waals surface area contributed by atoms with Gasteiger partial charge in [-0.05, 0) is 79.4 Å². The molecule has 4 amide bonds. The molecule has 3 aliphatic heterocycles. The van der Waals surface area contributed by atoms with E-state index in [1.54, 1.807) is 34.1 Å². The molecule has 0 spiro atoms. The molecule has 0 aliphatic carbocycles. The predicted octanol–water partition coefficient (Wildman–Crippen LogP) is 3.99. The number of hydroxylamine groups is 2. The van der Waals surface area contributed by atoms with Crippen LogP contribution in [0.3, 0.4) is 0 Å². The summed E-state index contributed by atoms with van der Waals surface area (Å²) in [6.45, 7) is 13.1. The highest BCUT2D eigenvalue weighted by Crippen LogP contribution is 2.26. The highest BCUT2D eigenvalue weighted by molar-refractivity contribution is 6.20. The Labute approximate surface area is 229 Å². The fourth-order valence-corrected chi connectivity index (χ4v) is 4.26.